The topological polar surface area (TPSA) is 35.8 Å². The molecule has 3 nitrogen and oxygen atoms in total. The number of rotatable bonds is 1. The van der Waals surface area contributed by atoms with Crippen LogP contribution in [0.15, 0.2) is 59.8 Å². The Kier molecular flexibility index (Phi) is 2.73. The first kappa shape index (κ1) is 10.8. The van der Waals surface area contributed by atoms with E-state index in [1.165, 1.54) is 5.69 Å². The summed E-state index contributed by atoms with van der Waals surface area (Å²) in [6.45, 7) is 0.834. The second kappa shape index (κ2) is 4.53. The van der Waals surface area contributed by atoms with Gasteiger partial charge in [0.15, 0.2) is 0 Å². The van der Waals surface area contributed by atoms with Gasteiger partial charge in [0.25, 0.3) is 0 Å². The lowest BCUT2D eigenvalue weighted by Crippen LogP contribution is -2.28. The van der Waals surface area contributed by atoms with E-state index in [1.807, 2.05) is 36.4 Å². The van der Waals surface area contributed by atoms with E-state index < -0.39 is 0 Å². The smallest absolute Gasteiger partial charge is 0.0906 e. The molecule has 3 heteroatoms. The molecule has 0 aromatic heterocycles. The van der Waals surface area contributed by atoms with Gasteiger partial charge in [-0.1, -0.05) is 41.6 Å². The third-order valence-corrected chi connectivity index (χ3v) is 3.27. The van der Waals surface area contributed by atoms with E-state index in [2.05, 4.69) is 28.3 Å². The van der Waals surface area contributed by atoms with Crippen LogP contribution in [0, 0.1) is 0 Å². The fourth-order valence-corrected chi connectivity index (χ4v) is 2.41. The van der Waals surface area contributed by atoms with Crippen LogP contribution in [-0.2, 0) is 0 Å². The fraction of sp³-hybridized carbons (Fsp3) is 0.133. The number of hydrogen-bond acceptors (Lipinski definition) is 3. The van der Waals surface area contributed by atoms with Gasteiger partial charge in [0, 0.05) is 24.2 Å². The lowest BCUT2D eigenvalue weighted by atomic mass is 9.99. The first-order valence-corrected chi connectivity index (χ1v) is 6.03. The van der Waals surface area contributed by atoms with E-state index in [0.29, 0.717) is 0 Å². The number of oxime groups is 1. The van der Waals surface area contributed by atoms with E-state index >= 15 is 0 Å². The molecule has 2 aromatic rings. The third-order valence-electron chi connectivity index (χ3n) is 3.27. The minimum absolute atomic E-state index is 0.752. The highest BCUT2D eigenvalue weighted by atomic mass is 16.4. The van der Waals surface area contributed by atoms with E-state index in [9.17, 15) is 0 Å². The van der Waals surface area contributed by atoms with Crippen LogP contribution in [0.2, 0.25) is 0 Å². The molecule has 0 saturated heterocycles. The molecule has 18 heavy (non-hydrogen) atoms. The highest BCUT2D eigenvalue weighted by Crippen LogP contribution is 2.33. The highest BCUT2D eigenvalue weighted by molar-refractivity contribution is 6.07. The summed E-state index contributed by atoms with van der Waals surface area (Å²) >= 11 is 0. The van der Waals surface area contributed by atoms with Crippen LogP contribution >= 0.6 is 0 Å². The van der Waals surface area contributed by atoms with Gasteiger partial charge >= 0.3 is 0 Å². The van der Waals surface area contributed by atoms with Gasteiger partial charge in [0.05, 0.1) is 11.4 Å². The molecule has 0 fully saturated rings. The summed E-state index contributed by atoms with van der Waals surface area (Å²) in [7, 11) is 0. The summed E-state index contributed by atoms with van der Waals surface area (Å²) in [5, 5.41) is 12.5. The molecule has 0 saturated carbocycles. The molecule has 1 N–H and O–H groups in total. The summed E-state index contributed by atoms with van der Waals surface area (Å²) in [4.78, 5) is 2.25. The van der Waals surface area contributed by atoms with Gasteiger partial charge in [-0.25, -0.2) is 0 Å². The van der Waals surface area contributed by atoms with Gasteiger partial charge < -0.3 is 10.1 Å². The molecule has 3 rings (SSSR count). The number of fused-ring (bicyclic) bond motifs is 1. The molecular weight excluding hydrogens is 224 g/mol. The summed E-state index contributed by atoms with van der Waals surface area (Å²) < 4.78 is 0. The van der Waals surface area contributed by atoms with E-state index in [-0.39, 0.29) is 0 Å². The number of benzene rings is 2. The Morgan fingerprint density at radius 1 is 0.944 bits per heavy atom. The van der Waals surface area contributed by atoms with Crippen LogP contribution < -0.4 is 4.90 Å². The standard InChI is InChI=1S/C15H14N2O/c18-16-14-10-11-17(12-6-2-1-3-7-12)15-9-5-4-8-13(14)15/h1-9,18H,10-11H2/b16-14-. The predicted octanol–water partition coefficient (Wildman–Crippen LogP) is 3.41. The van der Waals surface area contributed by atoms with Gasteiger partial charge in [0.2, 0.25) is 0 Å². The average Bonchev–Trinajstić information content (AvgIpc) is 2.47. The lowest BCUT2D eigenvalue weighted by Gasteiger charge is -2.31. The van der Waals surface area contributed by atoms with Crippen molar-refractivity contribution in [1.82, 2.24) is 0 Å². The molecule has 0 aliphatic carbocycles. The Bertz CT molecular complexity index is 578. The van der Waals surface area contributed by atoms with Crippen LogP contribution in [0.4, 0.5) is 11.4 Å². The molecule has 0 bridgehead atoms. The first-order valence-electron chi connectivity index (χ1n) is 6.03. The monoisotopic (exact) mass is 238 g/mol. The molecule has 0 amide bonds. The molecule has 0 spiro atoms. The quantitative estimate of drug-likeness (QED) is 0.610. The molecule has 0 atom stereocenters. The van der Waals surface area contributed by atoms with Crippen molar-refractivity contribution in [3.63, 3.8) is 0 Å². The second-order valence-electron chi connectivity index (χ2n) is 4.30. The van der Waals surface area contributed by atoms with Crippen molar-refractivity contribution in [2.75, 3.05) is 11.4 Å². The maximum absolute atomic E-state index is 9.06. The Morgan fingerprint density at radius 3 is 2.44 bits per heavy atom. The number of para-hydroxylation sites is 2. The largest absolute Gasteiger partial charge is 0.411 e. The minimum Gasteiger partial charge on any atom is -0.411 e. The van der Waals surface area contributed by atoms with Gasteiger partial charge in [-0.2, -0.15) is 0 Å². The highest BCUT2D eigenvalue weighted by Gasteiger charge is 2.22. The summed E-state index contributed by atoms with van der Waals surface area (Å²) in [5.74, 6) is 0. The first-order chi connectivity index (χ1) is 8.90. The number of nitrogens with zero attached hydrogens (tertiary/aromatic N) is 2. The zero-order valence-electron chi connectivity index (χ0n) is 9.95. The van der Waals surface area contributed by atoms with Crippen LogP contribution in [0.5, 0.6) is 0 Å². The fourth-order valence-electron chi connectivity index (χ4n) is 2.41. The predicted molar refractivity (Wildman–Crippen MR) is 72.8 cm³/mol. The maximum Gasteiger partial charge on any atom is 0.0906 e. The molecule has 2 aromatic carbocycles. The van der Waals surface area contributed by atoms with Crippen LogP contribution in [0.1, 0.15) is 12.0 Å². The normalized spacial score (nSPS) is 16.7. The van der Waals surface area contributed by atoms with E-state index in [1.54, 1.807) is 0 Å². The minimum atomic E-state index is 0.752. The van der Waals surface area contributed by atoms with Gasteiger partial charge in [-0.3, -0.25) is 0 Å². The molecule has 1 aliphatic rings. The molecular formula is C15H14N2O. The van der Waals surface area contributed by atoms with Crippen molar-refractivity contribution in [1.29, 1.82) is 0 Å². The summed E-state index contributed by atoms with van der Waals surface area (Å²) in [6.07, 6.45) is 0.752. The Labute approximate surface area is 106 Å². The summed E-state index contributed by atoms with van der Waals surface area (Å²) in [5.41, 5.74) is 4.04. The lowest BCUT2D eigenvalue weighted by molar-refractivity contribution is 0.318. The van der Waals surface area contributed by atoms with Crippen LogP contribution in [0.25, 0.3) is 0 Å². The Balaban J connectivity index is 2.10. The zero-order chi connectivity index (χ0) is 12.4. The molecule has 90 valence electrons. The van der Waals surface area contributed by atoms with E-state index in [0.717, 1.165) is 29.9 Å². The summed E-state index contributed by atoms with van der Waals surface area (Å²) in [6, 6.07) is 18.3. The van der Waals surface area contributed by atoms with Gasteiger partial charge in [-0.05, 0) is 18.2 Å². The molecule has 0 radical (unpaired) electrons. The Morgan fingerprint density at radius 2 is 1.67 bits per heavy atom. The number of anilines is 2. The van der Waals surface area contributed by atoms with Crippen molar-refractivity contribution in [3.05, 3.63) is 60.2 Å². The van der Waals surface area contributed by atoms with Crippen molar-refractivity contribution in [2.24, 2.45) is 5.16 Å². The zero-order valence-corrected chi connectivity index (χ0v) is 9.95. The molecule has 1 aliphatic heterocycles. The number of hydrogen-bond donors (Lipinski definition) is 1. The van der Waals surface area contributed by atoms with Gasteiger partial charge in [-0.15, -0.1) is 0 Å². The van der Waals surface area contributed by atoms with E-state index in [4.69, 9.17) is 5.21 Å². The average molecular weight is 238 g/mol. The Hall–Kier alpha value is -2.29. The van der Waals surface area contributed by atoms with Crippen LogP contribution in [-0.4, -0.2) is 17.5 Å². The SMILES string of the molecule is O/N=C1/CCN(c2ccccc2)c2ccccc21. The van der Waals surface area contributed by atoms with Crippen molar-refractivity contribution in [3.8, 4) is 0 Å². The molecule has 1 heterocycles. The van der Waals surface area contributed by atoms with Crippen molar-refractivity contribution < 1.29 is 5.21 Å². The van der Waals surface area contributed by atoms with Crippen molar-refractivity contribution >= 4 is 17.1 Å². The van der Waals surface area contributed by atoms with Gasteiger partial charge in [0.1, 0.15) is 0 Å². The van der Waals surface area contributed by atoms with Crippen molar-refractivity contribution in [2.45, 2.75) is 6.42 Å². The third kappa shape index (κ3) is 1.74. The van der Waals surface area contributed by atoms with Crippen LogP contribution in [0.3, 0.4) is 0 Å². The second-order valence-corrected chi connectivity index (χ2v) is 4.30. The molecule has 0 unspecified atom stereocenters. The maximum atomic E-state index is 9.06.